The summed E-state index contributed by atoms with van der Waals surface area (Å²) >= 11 is 0. The third-order valence-corrected chi connectivity index (χ3v) is 5.18. The Morgan fingerprint density at radius 1 is 1.27 bits per heavy atom. The zero-order valence-electron chi connectivity index (χ0n) is 16.1. The molecule has 0 saturated heterocycles. The second-order valence-electron chi connectivity index (χ2n) is 7.70. The van der Waals surface area contributed by atoms with Gasteiger partial charge in [0.2, 0.25) is 17.6 Å². The highest BCUT2D eigenvalue weighted by Crippen LogP contribution is 2.27. The molecule has 0 spiro atoms. The molecule has 1 saturated carbocycles. The van der Waals surface area contributed by atoms with E-state index in [-0.39, 0.29) is 11.9 Å². The van der Waals surface area contributed by atoms with Crippen LogP contribution in [0, 0.1) is 12.8 Å². The van der Waals surface area contributed by atoms with E-state index < -0.39 is 0 Å². The predicted octanol–water partition coefficient (Wildman–Crippen LogP) is 4.75. The first-order valence-corrected chi connectivity index (χ1v) is 9.72. The molecule has 0 atom stereocenters. The lowest BCUT2D eigenvalue weighted by molar-refractivity contribution is -0.135. The largest absolute Gasteiger partial charge is 0.337 e. The number of hydrogen-bond acceptors (Lipinski definition) is 4. The van der Waals surface area contributed by atoms with E-state index >= 15 is 0 Å². The minimum atomic E-state index is 0.111. The van der Waals surface area contributed by atoms with Crippen molar-refractivity contribution < 1.29 is 9.32 Å². The molecule has 0 N–H and O–H groups in total. The number of carbonyl (C=O) groups excluding carboxylic acids is 1. The maximum absolute atomic E-state index is 12.8. The minimum Gasteiger partial charge on any atom is -0.337 e. The molecule has 1 aliphatic rings. The van der Waals surface area contributed by atoms with Crippen LogP contribution in [0.2, 0.25) is 0 Å². The number of aromatic nitrogens is 2. The Kier molecular flexibility index (Phi) is 6.07. The molecule has 1 aromatic carbocycles. The lowest BCUT2D eigenvalue weighted by Crippen LogP contribution is -2.37. The molecule has 26 heavy (non-hydrogen) atoms. The maximum Gasteiger partial charge on any atom is 0.246 e. The number of amides is 1. The zero-order chi connectivity index (χ0) is 18.5. The number of carbonyl (C=O) groups is 1. The van der Waals surface area contributed by atoms with Gasteiger partial charge in [-0.05, 0) is 45.6 Å². The van der Waals surface area contributed by atoms with Crippen molar-refractivity contribution in [3.05, 3.63) is 35.7 Å². The lowest BCUT2D eigenvalue weighted by atomic mass is 9.86. The fourth-order valence-electron chi connectivity index (χ4n) is 3.68. The second kappa shape index (κ2) is 8.47. The van der Waals surface area contributed by atoms with Gasteiger partial charge in [0, 0.05) is 18.0 Å². The molecule has 1 heterocycles. The summed E-state index contributed by atoms with van der Waals surface area (Å²) in [7, 11) is 0. The van der Waals surface area contributed by atoms with Gasteiger partial charge in [-0.2, -0.15) is 4.98 Å². The van der Waals surface area contributed by atoms with Crippen LogP contribution >= 0.6 is 0 Å². The van der Waals surface area contributed by atoms with Gasteiger partial charge in [-0.1, -0.05) is 48.2 Å². The molecule has 0 radical (unpaired) electrons. The summed E-state index contributed by atoms with van der Waals surface area (Å²) in [5.41, 5.74) is 2.09. The Hall–Kier alpha value is -2.17. The van der Waals surface area contributed by atoms with Crippen LogP contribution in [0.25, 0.3) is 11.4 Å². The summed E-state index contributed by atoms with van der Waals surface area (Å²) < 4.78 is 5.42. The quantitative estimate of drug-likeness (QED) is 0.750. The Morgan fingerprint density at radius 2 is 2.04 bits per heavy atom. The van der Waals surface area contributed by atoms with Crippen molar-refractivity contribution in [3.8, 4) is 11.4 Å². The van der Waals surface area contributed by atoms with E-state index in [1.54, 1.807) is 0 Å². The summed E-state index contributed by atoms with van der Waals surface area (Å²) in [6.45, 7) is 6.49. The third-order valence-electron chi connectivity index (χ3n) is 5.18. The highest BCUT2D eigenvalue weighted by atomic mass is 16.5. The molecule has 3 rings (SSSR count). The van der Waals surface area contributed by atoms with Crippen LogP contribution in [0.5, 0.6) is 0 Å². The van der Waals surface area contributed by atoms with Gasteiger partial charge in [0.25, 0.3) is 0 Å². The van der Waals surface area contributed by atoms with Gasteiger partial charge in [0.05, 0.1) is 0 Å². The average molecular weight is 355 g/mol. The molecule has 1 aliphatic carbocycles. The summed E-state index contributed by atoms with van der Waals surface area (Å²) in [4.78, 5) is 19.2. The van der Waals surface area contributed by atoms with E-state index in [1.165, 1.54) is 32.1 Å². The van der Waals surface area contributed by atoms with E-state index in [1.807, 2.05) is 49.9 Å². The van der Waals surface area contributed by atoms with Gasteiger partial charge in [-0.3, -0.25) is 4.79 Å². The number of aryl methyl sites for hydroxylation is 1. The molecule has 1 aromatic heterocycles. The Bertz CT molecular complexity index is 732. The van der Waals surface area contributed by atoms with Crippen molar-refractivity contribution in [1.29, 1.82) is 0 Å². The van der Waals surface area contributed by atoms with E-state index in [0.29, 0.717) is 30.6 Å². The third kappa shape index (κ3) is 4.71. The molecule has 0 bridgehead atoms. The molecule has 2 aromatic rings. The van der Waals surface area contributed by atoms with Crippen LogP contribution in [0.1, 0.15) is 63.8 Å². The van der Waals surface area contributed by atoms with Crippen LogP contribution in [0.3, 0.4) is 0 Å². The molecule has 0 unspecified atom stereocenters. The van der Waals surface area contributed by atoms with Crippen LogP contribution < -0.4 is 0 Å². The van der Waals surface area contributed by atoms with Gasteiger partial charge in [-0.15, -0.1) is 0 Å². The molecule has 1 amide bonds. The highest BCUT2D eigenvalue weighted by Gasteiger charge is 2.24. The SMILES string of the molecule is Cc1cccc(-c2noc(CN(C(=O)CC3CCCCC3)C(C)C)n2)c1. The van der Waals surface area contributed by atoms with Gasteiger partial charge >= 0.3 is 0 Å². The van der Waals surface area contributed by atoms with Crippen molar-refractivity contribution in [3.63, 3.8) is 0 Å². The topological polar surface area (TPSA) is 59.2 Å². The van der Waals surface area contributed by atoms with Crippen molar-refractivity contribution in [2.24, 2.45) is 5.92 Å². The number of rotatable bonds is 6. The monoisotopic (exact) mass is 355 g/mol. The first-order valence-electron chi connectivity index (χ1n) is 9.72. The van der Waals surface area contributed by atoms with Gasteiger partial charge in [-0.25, -0.2) is 0 Å². The number of nitrogens with zero attached hydrogens (tertiary/aromatic N) is 3. The van der Waals surface area contributed by atoms with Crippen molar-refractivity contribution >= 4 is 5.91 Å². The number of benzene rings is 1. The van der Waals surface area contributed by atoms with Crippen LogP contribution in [0.15, 0.2) is 28.8 Å². The van der Waals surface area contributed by atoms with Crippen molar-refractivity contribution in [1.82, 2.24) is 15.0 Å². The van der Waals surface area contributed by atoms with E-state index in [9.17, 15) is 4.79 Å². The molecule has 140 valence electrons. The summed E-state index contributed by atoms with van der Waals surface area (Å²) in [6.07, 6.45) is 6.80. The van der Waals surface area contributed by atoms with Gasteiger partial charge in [0.1, 0.15) is 6.54 Å². The van der Waals surface area contributed by atoms with E-state index in [2.05, 4.69) is 10.1 Å². The second-order valence-corrected chi connectivity index (χ2v) is 7.70. The molecule has 0 aliphatic heterocycles. The smallest absolute Gasteiger partial charge is 0.246 e. The first kappa shape index (κ1) is 18.6. The first-order chi connectivity index (χ1) is 12.5. The van der Waals surface area contributed by atoms with Gasteiger partial charge < -0.3 is 9.42 Å². The zero-order valence-corrected chi connectivity index (χ0v) is 16.1. The Balaban J connectivity index is 1.67. The predicted molar refractivity (Wildman–Crippen MR) is 101 cm³/mol. The average Bonchev–Trinajstić information content (AvgIpc) is 3.09. The Morgan fingerprint density at radius 3 is 2.73 bits per heavy atom. The molecule has 5 heteroatoms. The molecular formula is C21H29N3O2. The van der Waals surface area contributed by atoms with Crippen molar-refractivity contribution in [2.75, 3.05) is 0 Å². The van der Waals surface area contributed by atoms with Crippen molar-refractivity contribution in [2.45, 2.75) is 71.9 Å². The van der Waals surface area contributed by atoms with Crippen LogP contribution in [0.4, 0.5) is 0 Å². The normalized spacial score (nSPS) is 15.4. The fourth-order valence-corrected chi connectivity index (χ4v) is 3.68. The molecule has 5 nitrogen and oxygen atoms in total. The summed E-state index contributed by atoms with van der Waals surface area (Å²) in [5.74, 6) is 1.80. The summed E-state index contributed by atoms with van der Waals surface area (Å²) in [6, 6.07) is 8.13. The molecule has 1 fully saturated rings. The van der Waals surface area contributed by atoms with Crippen LogP contribution in [-0.2, 0) is 11.3 Å². The lowest BCUT2D eigenvalue weighted by Gasteiger charge is -2.28. The molecular weight excluding hydrogens is 326 g/mol. The standard InChI is InChI=1S/C21H29N3O2/c1-15(2)24(20(25)13-17-9-5-4-6-10-17)14-19-22-21(23-26-19)18-11-7-8-16(3)12-18/h7-8,11-12,15,17H,4-6,9-10,13-14H2,1-3H3. The summed E-state index contributed by atoms with van der Waals surface area (Å²) in [5, 5.41) is 4.09. The van der Waals surface area contributed by atoms with E-state index in [4.69, 9.17) is 4.52 Å². The minimum absolute atomic E-state index is 0.111. The van der Waals surface area contributed by atoms with Gasteiger partial charge in [0.15, 0.2) is 0 Å². The van der Waals surface area contributed by atoms with Crippen LogP contribution in [-0.4, -0.2) is 27.0 Å². The Labute approximate surface area is 155 Å². The maximum atomic E-state index is 12.8. The number of hydrogen-bond donors (Lipinski definition) is 0. The fraction of sp³-hybridized carbons (Fsp3) is 0.571. The van der Waals surface area contributed by atoms with E-state index in [0.717, 1.165) is 11.1 Å². The highest BCUT2D eigenvalue weighted by molar-refractivity contribution is 5.76.